The van der Waals surface area contributed by atoms with Crippen LogP contribution in [0.1, 0.15) is 24.0 Å². The van der Waals surface area contributed by atoms with Gasteiger partial charge in [-0.2, -0.15) is 5.10 Å². The fourth-order valence-electron chi connectivity index (χ4n) is 4.36. The molecule has 5 rings (SSSR count). The third kappa shape index (κ3) is 5.12. The number of ether oxygens (including phenoxy) is 1. The van der Waals surface area contributed by atoms with Crippen molar-refractivity contribution < 1.29 is 9.53 Å². The quantitative estimate of drug-likeness (QED) is 0.154. The predicted molar refractivity (Wildman–Crippen MR) is 148 cm³/mol. The minimum absolute atomic E-state index is 0.0447. The number of nitrogens with one attached hydrogen (secondary N) is 2. The van der Waals surface area contributed by atoms with E-state index in [1.54, 1.807) is 6.92 Å². The van der Waals surface area contributed by atoms with E-state index in [-0.39, 0.29) is 18.2 Å². The molecule has 2 heterocycles. The molecule has 0 amide bonds. The SMILES string of the molecule is CCOC(=O)Cc1cc(-c2ccccc2)n(-c2ccc3c(c2)nc(CNc2ccc(C(=N)N)cc2)n3C)n1. The molecule has 3 aromatic carbocycles. The zero-order valence-electron chi connectivity index (χ0n) is 21.3. The van der Waals surface area contributed by atoms with Gasteiger partial charge in [0.05, 0.1) is 47.7 Å². The van der Waals surface area contributed by atoms with Gasteiger partial charge in [0, 0.05) is 23.9 Å². The minimum Gasteiger partial charge on any atom is -0.466 e. The highest BCUT2D eigenvalue weighted by Crippen LogP contribution is 2.27. The molecule has 0 radical (unpaired) electrons. The number of carbonyl (C=O) groups is 1. The maximum Gasteiger partial charge on any atom is 0.311 e. The number of hydrogen-bond acceptors (Lipinski definition) is 6. The molecule has 0 aliphatic rings. The third-order valence-corrected chi connectivity index (χ3v) is 6.31. The van der Waals surface area contributed by atoms with E-state index >= 15 is 0 Å². The van der Waals surface area contributed by atoms with Crippen LogP contribution >= 0.6 is 0 Å². The molecule has 2 aromatic heterocycles. The number of aryl methyl sites for hydroxylation is 1. The molecule has 5 aromatic rings. The smallest absolute Gasteiger partial charge is 0.311 e. The molecule has 9 heteroatoms. The summed E-state index contributed by atoms with van der Waals surface area (Å²) in [7, 11) is 1.99. The molecule has 0 fully saturated rings. The van der Waals surface area contributed by atoms with E-state index < -0.39 is 0 Å². The number of anilines is 1. The first-order valence-corrected chi connectivity index (χ1v) is 12.4. The Balaban J connectivity index is 1.45. The Morgan fingerprint density at radius 2 is 1.82 bits per heavy atom. The van der Waals surface area contributed by atoms with Gasteiger partial charge >= 0.3 is 5.97 Å². The Kier molecular flexibility index (Phi) is 6.90. The average Bonchev–Trinajstić information content (AvgIpc) is 3.48. The second kappa shape index (κ2) is 10.6. The molecule has 0 unspecified atom stereocenters. The molecule has 0 aliphatic carbocycles. The van der Waals surface area contributed by atoms with Crippen LogP contribution in [-0.4, -0.2) is 37.7 Å². The van der Waals surface area contributed by atoms with Gasteiger partial charge in [0.2, 0.25) is 0 Å². The van der Waals surface area contributed by atoms with Crippen molar-refractivity contribution in [2.45, 2.75) is 19.9 Å². The molecule has 0 spiro atoms. The first-order valence-electron chi connectivity index (χ1n) is 12.4. The highest BCUT2D eigenvalue weighted by molar-refractivity contribution is 5.95. The molecule has 0 bridgehead atoms. The number of nitrogens with two attached hydrogens (primary N) is 1. The second-order valence-corrected chi connectivity index (χ2v) is 8.89. The van der Waals surface area contributed by atoms with Crippen molar-refractivity contribution in [3.8, 4) is 16.9 Å². The number of benzene rings is 3. The monoisotopic (exact) mass is 507 g/mol. The number of esters is 1. The number of imidazole rings is 1. The van der Waals surface area contributed by atoms with Gasteiger partial charge in [0.1, 0.15) is 11.7 Å². The lowest BCUT2D eigenvalue weighted by Crippen LogP contribution is -2.11. The first kappa shape index (κ1) is 24.8. The number of nitrogen functional groups attached to an aromatic ring is 1. The molecular weight excluding hydrogens is 478 g/mol. The van der Waals surface area contributed by atoms with Crippen LogP contribution in [0.25, 0.3) is 28.0 Å². The van der Waals surface area contributed by atoms with Gasteiger partial charge in [-0.15, -0.1) is 0 Å². The van der Waals surface area contributed by atoms with E-state index in [2.05, 4.69) is 9.88 Å². The average molecular weight is 508 g/mol. The number of hydrogen-bond donors (Lipinski definition) is 3. The van der Waals surface area contributed by atoms with Gasteiger partial charge in [-0.3, -0.25) is 10.2 Å². The predicted octanol–water partition coefficient (Wildman–Crippen LogP) is 4.43. The lowest BCUT2D eigenvalue weighted by atomic mass is 10.1. The van der Waals surface area contributed by atoms with Gasteiger partial charge in [0.25, 0.3) is 0 Å². The maximum atomic E-state index is 12.1. The van der Waals surface area contributed by atoms with Crippen LogP contribution in [0.5, 0.6) is 0 Å². The summed E-state index contributed by atoms with van der Waals surface area (Å²) in [6.45, 7) is 2.66. The lowest BCUT2D eigenvalue weighted by Gasteiger charge is -2.08. The summed E-state index contributed by atoms with van der Waals surface area (Å²) >= 11 is 0. The van der Waals surface area contributed by atoms with E-state index in [9.17, 15) is 4.79 Å². The minimum atomic E-state index is -0.301. The van der Waals surface area contributed by atoms with Crippen LogP contribution in [0.3, 0.4) is 0 Å². The zero-order valence-corrected chi connectivity index (χ0v) is 21.3. The van der Waals surface area contributed by atoms with Crippen molar-refractivity contribution in [2.75, 3.05) is 11.9 Å². The summed E-state index contributed by atoms with van der Waals surface area (Å²) in [5.41, 5.74) is 12.4. The number of nitrogens with zero attached hydrogens (tertiary/aromatic N) is 4. The summed E-state index contributed by atoms with van der Waals surface area (Å²) in [6, 6.07) is 25.4. The van der Waals surface area contributed by atoms with Crippen LogP contribution in [0.15, 0.2) is 78.9 Å². The molecule has 0 aliphatic heterocycles. The van der Waals surface area contributed by atoms with Crippen molar-refractivity contribution in [1.82, 2.24) is 19.3 Å². The summed E-state index contributed by atoms with van der Waals surface area (Å²) < 4.78 is 9.04. The van der Waals surface area contributed by atoms with Crippen LogP contribution in [-0.2, 0) is 29.5 Å². The fraction of sp³-hybridized carbons (Fsp3) is 0.172. The Morgan fingerprint density at radius 3 is 2.53 bits per heavy atom. The van der Waals surface area contributed by atoms with Crippen molar-refractivity contribution in [3.63, 3.8) is 0 Å². The third-order valence-electron chi connectivity index (χ3n) is 6.31. The molecule has 192 valence electrons. The standard InChI is InChI=1S/C29H29N7O2/c1-3-38-28(37)16-22-15-26(19-7-5-4-6-8-19)36(34-22)23-13-14-25-24(17-23)33-27(35(25)2)18-32-21-11-9-20(10-12-21)29(30)31/h4-15,17,32H,3,16,18H2,1-2H3,(H3,30,31). The summed E-state index contributed by atoms with van der Waals surface area (Å²) in [5, 5.41) is 15.7. The fourth-order valence-corrected chi connectivity index (χ4v) is 4.36. The van der Waals surface area contributed by atoms with Gasteiger partial charge in [0.15, 0.2) is 0 Å². The van der Waals surface area contributed by atoms with Crippen LogP contribution in [0.2, 0.25) is 0 Å². The van der Waals surface area contributed by atoms with Crippen molar-refractivity contribution in [3.05, 3.63) is 95.9 Å². The van der Waals surface area contributed by atoms with E-state index in [1.165, 1.54) is 0 Å². The Morgan fingerprint density at radius 1 is 1.05 bits per heavy atom. The number of fused-ring (bicyclic) bond motifs is 1. The maximum absolute atomic E-state index is 12.1. The van der Waals surface area contributed by atoms with Crippen molar-refractivity contribution in [2.24, 2.45) is 12.8 Å². The molecule has 0 saturated carbocycles. The van der Waals surface area contributed by atoms with Crippen LogP contribution in [0, 0.1) is 5.41 Å². The molecule has 0 saturated heterocycles. The highest BCUT2D eigenvalue weighted by Gasteiger charge is 2.16. The van der Waals surface area contributed by atoms with E-state index in [0.717, 1.165) is 39.5 Å². The topological polar surface area (TPSA) is 124 Å². The number of rotatable bonds is 9. The van der Waals surface area contributed by atoms with Crippen molar-refractivity contribution in [1.29, 1.82) is 5.41 Å². The normalized spacial score (nSPS) is 11.0. The highest BCUT2D eigenvalue weighted by atomic mass is 16.5. The summed E-state index contributed by atoms with van der Waals surface area (Å²) in [5.74, 6) is 0.618. The molecular formula is C29H29N7O2. The second-order valence-electron chi connectivity index (χ2n) is 8.89. The Bertz CT molecular complexity index is 1600. The molecule has 0 atom stereocenters. The van der Waals surface area contributed by atoms with Crippen LogP contribution in [0.4, 0.5) is 5.69 Å². The van der Waals surface area contributed by atoms with E-state index in [1.807, 2.05) is 90.6 Å². The lowest BCUT2D eigenvalue weighted by molar-refractivity contribution is -0.142. The zero-order chi connectivity index (χ0) is 26.6. The number of aromatic nitrogens is 4. The van der Waals surface area contributed by atoms with Crippen LogP contribution < -0.4 is 11.1 Å². The van der Waals surface area contributed by atoms with Crippen molar-refractivity contribution >= 4 is 28.5 Å². The number of carbonyl (C=O) groups excluding carboxylic acids is 1. The first-order chi connectivity index (χ1) is 18.4. The Hall–Kier alpha value is -4.92. The summed E-state index contributed by atoms with van der Waals surface area (Å²) in [6.07, 6.45) is 0.107. The summed E-state index contributed by atoms with van der Waals surface area (Å²) in [4.78, 5) is 17.0. The molecule has 38 heavy (non-hydrogen) atoms. The Labute approximate surface area is 220 Å². The number of amidine groups is 1. The van der Waals surface area contributed by atoms with Gasteiger partial charge in [-0.05, 0) is 55.5 Å². The largest absolute Gasteiger partial charge is 0.466 e. The molecule has 4 N–H and O–H groups in total. The van der Waals surface area contributed by atoms with Gasteiger partial charge < -0.3 is 20.4 Å². The van der Waals surface area contributed by atoms with E-state index in [4.69, 9.17) is 26.0 Å². The van der Waals surface area contributed by atoms with Gasteiger partial charge in [-0.25, -0.2) is 9.67 Å². The van der Waals surface area contributed by atoms with Gasteiger partial charge in [-0.1, -0.05) is 30.3 Å². The van der Waals surface area contributed by atoms with E-state index in [0.29, 0.717) is 24.4 Å². The molecule has 9 nitrogen and oxygen atoms in total.